The van der Waals surface area contributed by atoms with Gasteiger partial charge in [0.25, 0.3) is 0 Å². The third kappa shape index (κ3) is 7.07. The SMILES string of the molecule is CCNC.Cc1ccccc1.[HH]. The highest BCUT2D eigenvalue weighted by Crippen LogP contribution is 1.92. The maximum absolute atomic E-state index is 2.93. The van der Waals surface area contributed by atoms with E-state index < -0.39 is 0 Å². The summed E-state index contributed by atoms with van der Waals surface area (Å²) in [4.78, 5) is 0. The van der Waals surface area contributed by atoms with Gasteiger partial charge in [-0.1, -0.05) is 42.8 Å². The van der Waals surface area contributed by atoms with Gasteiger partial charge in [-0.25, -0.2) is 0 Å². The number of benzene rings is 1. The van der Waals surface area contributed by atoms with Crippen LogP contribution in [0.2, 0.25) is 0 Å². The molecule has 0 saturated heterocycles. The van der Waals surface area contributed by atoms with Crippen LogP contribution in [0.25, 0.3) is 0 Å². The van der Waals surface area contributed by atoms with Crippen molar-refractivity contribution < 1.29 is 1.43 Å². The highest BCUT2D eigenvalue weighted by Gasteiger charge is 1.72. The van der Waals surface area contributed by atoms with Crippen molar-refractivity contribution in [2.24, 2.45) is 0 Å². The first-order valence-corrected chi connectivity index (χ1v) is 3.97. The van der Waals surface area contributed by atoms with Crippen LogP contribution in [0.5, 0.6) is 0 Å². The molecule has 1 nitrogen and oxygen atoms in total. The molecule has 0 heterocycles. The Morgan fingerprint density at radius 3 is 1.91 bits per heavy atom. The topological polar surface area (TPSA) is 12.0 Å². The monoisotopic (exact) mass is 153 g/mol. The molecule has 0 fully saturated rings. The van der Waals surface area contributed by atoms with Crippen LogP contribution in [-0.2, 0) is 0 Å². The van der Waals surface area contributed by atoms with Gasteiger partial charge >= 0.3 is 0 Å². The van der Waals surface area contributed by atoms with E-state index in [1.807, 2.05) is 25.2 Å². The lowest BCUT2D eigenvalue weighted by atomic mass is 10.2. The summed E-state index contributed by atoms with van der Waals surface area (Å²) in [5.41, 5.74) is 1.32. The second-order valence-corrected chi connectivity index (χ2v) is 2.36. The van der Waals surface area contributed by atoms with E-state index in [-0.39, 0.29) is 1.43 Å². The van der Waals surface area contributed by atoms with Crippen molar-refractivity contribution in [3.05, 3.63) is 35.9 Å². The molecule has 0 spiro atoms. The highest BCUT2D eigenvalue weighted by molar-refractivity contribution is 5.11. The summed E-state index contributed by atoms with van der Waals surface area (Å²) in [6.45, 7) is 5.22. The maximum atomic E-state index is 2.93. The zero-order valence-corrected chi connectivity index (χ0v) is 7.59. The van der Waals surface area contributed by atoms with Gasteiger partial charge in [-0.3, -0.25) is 0 Å². The fourth-order valence-corrected chi connectivity index (χ4v) is 0.534. The number of hydrogen-bond donors (Lipinski definition) is 1. The van der Waals surface area contributed by atoms with Crippen LogP contribution < -0.4 is 5.32 Å². The first-order chi connectivity index (χ1) is 5.31. The van der Waals surface area contributed by atoms with E-state index in [4.69, 9.17) is 0 Å². The Hall–Kier alpha value is -0.820. The fraction of sp³-hybridized carbons (Fsp3) is 0.400. The van der Waals surface area contributed by atoms with Crippen LogP contribution in [0.1, 0.15) is 13.9 Å². The predicted molar refractivity (Wildman–Crippen MR) is 52.9 cm³/mol. The maximum Gasteiger partial charge on any atom is 0 e. The van der Waals surface area contributed by atoms with E-state index in [2.05, 4.69) is 31.3 Å². The standard InChI is InChI=1S/C7H8.C3H9N.H2/c1-7-5-3-2-4-6-7;1-3-4-2;/h2-6H,1H3;4H,3H2,1-2H3;1H. The minimum absolute atomic E-state index is 0. The van der Waals surface area contributed by atoms with Crippen molar-refractivity contribution in [1.29, 1.82) is 0 Å². The molecule has 0 aromatic heterocycles. The van der Waals surface area contributed by atoms with E-state index in [1.165, 1.54) is 5.56 Å². The minimum Gasteiger partial charge on any atom is -0.320 e. The van der Waals surface area contributed by atoms with Crippen molar-refractivity contribution in [2.45, 2.75) is 13.8 Å². The molecule has 0 aliphatic rings. The molecule has 1 aromatic rings. The number of nitrogens with one attached hydrogen (secondary N) is 1. The summed E-state index contributed by atoms with van der Waals surface area (Å²) in [6, 6.07) is 10.3. The quantitative estimate of drug-likeness (QED) is 0.653. The summed E-state index contributed by atoms with van der Waals surface area (Å²) >= 11 is 0. The molecule has 11 heavy (non-hydrogen) atoms. The summed E-state index contributed by atoms with van der Waals surface area (Å²) in [5.74, 6) is 0. The van der Waals surface area contributed by atoms with Crippen LogP contribution in [0.15, 0.2) is 30.3 Å². The average molecular weight is 153 g/mol. The third-order valence-corrected chi connectivity index (χ3v) is 1.29. The zero-order chi connectivity index (χ0) is 8.53. The molecule has 0 radical (unpaired) electrons. The van der Waals surface area contributed by atoms with Crippen molar-refractivity contribution in [2.75, 3.05) is 13.6 Å². The molecule has 0 amide bonds. The number of hydrogen-bond acceptors (Lipinski definition) is 1. The van der Waals surface area contributed by atoms with Gasteiger partial charge in [0.05, 0.1) is 0 Å². The van der Waals surface area contributed by atoms with Crippen molar-refractivity contribution in [1.82, 2.24) is 5.32 Å². The first kappa shape index (κ1) is 10.2. The zero-order valence-electron chi connectivity index (χ0n) is 7.59. The van der Waals surface area contributed by atoms with Crippen LogP contribution in [-0.4, -0.2) is 13.6 Å². The summed E-state index contributed by atoms with van der Waals surface area (Å²) in [7, 11) is 1.93. The Morgan fingerprint density at radius 2 is 1.73 bits per heavy atom. The van der Waals surface area contributed by atoms with Crippen LogP contribution in [0.3, 0.4) is 0 Å². The second kappa shape index (κ2) is 7.29. The van der Waals surface area contributed by atoms with E-state index in [0.717, 1.165) is 6.54 Å². The molecular weight excluding hydrogens is 134 g/mol. The molecule has 64 valence electrons. The van der Waals surface area contributed by atoms with Crippen molar-refractivity contribution >= 4 is 0 Å². The molecule has 0 aliphatic carbocycles. The lowest BCUT2D eigenvalue weighted by molar-refractivity contribution is 0.864. The van der Waals surface area contributed by atoms with Gasteiger partial charge in [-0.15, -0.1) is 0 Å². The number of rotatable bonds is 1. The Bertz CT molecular complexity index is 161. The van der Waals surface area contributed by atoms with E-state index in [0.29, 0.717) is 0 Å². The molecular formula is C10H19N. The van der Waals surface area contributed by atoms with E-state index >= 15 is 0 Å². The number of aryl methyl sites for hydroxylation is 1. The lowest BCUT2D eigenvalue weighted by Crippen LogP contribution is -2.01. The van der Waals surface area contributed by atoms with Gasteiger partial charge in [-0.2, -0.15) is 0 Å². The second-order valence-electron chi connectivity index (χ2n) is 2.36. The van der Waals surface area contributed by atoms with Gasteiger partial charge in [0, 0.05) is 1.43 Å². The molecule has 0 atom stereocenters. The molecule has 1 heteroatoms. The first-order valence-electron chi connectivity index (χ1n) is 3.97. The lowest BCUT2D eigenvalue weighted by Gasteiger charge is -1.82. The largest absolute Gasteiger partial charge is 0.320 e. The Labute approximate surface area is 70.9 Å². The normalized spacial score (nSPS) is 8.27. The van der Waals surface area contributed by atoms with Crippen molar-refractivity contribution in [3.8, 4) is 0 Å². The van der Waals surface area contributed by atoms with Crippen molar-refractivity contribution in [3.63, 3.8) is 0 Å². The van der Waals surface area contributed by atoms with Crippen LogP contribution in [0, 0.1) is 6.92 Å². The Balaban J connectivity index is 0. The Morgan fingerprint density at radius 1 is 1.27 bits per heavy atom. The van der Waals surface area contributed by atoms with Crippen LogP contribution >= 0.6 is 0 Å². The molecule has 1 aromatic carbocycles. The Kier molecular flexibility index (Phi) is 6.75. The predicted octanol–water partition coefficient (Wildman–Crippen LogP) is 2.47. The fourth-order valence-electron chi connectivity index (χ4n) is 0.534. The van der Waals surface area contributed by atoms with Gasteiger partial charge in [-0.05, 0) is 20.5 Å². The summed E-state index contributed by atoms with van der Waals surface area (Å²) in [5, 5.41) is 2.93. The molecule has 0 aliphatic heterocycles. The summed E-state index contributed by atoms with van der Waals surface area (Å²) in [6.07, 6.45) is 0. The van der Waals surface area contributed by atoms with E-state index in [9.17, 15) is 0 Å². The van der Waals surface area contributed by atoms with Gasteiger partial charge in [0.2, 0.25) is 0 Å². The van der Waals surface area contributed by atoms with Gasteiger partial charge in [0.1, 0.15) is 0 Å². The molecule has 0 bridgehead atoms. The molecule has 0 saturated carbocycles. The summed E-state index contributed by atoms with van der Waals surface area (Å²) < 4.78 is 0. The average Bonchev–Trinajstić information content (AvgIpc) is 2.07. The molecule has 0 unspecified atom stereocenters. The van der Waals surface area contributed by atoms with E-state index in [1.54, 1.807) is 0 Å². The third-order valence-electron chi connectivity index (χ3n) is 1.29. The smallest absolute Gasteiger partial charge is 0 e. The highest BCUT2D eigenvalue weighted by atomic mass is 14.8. The molecule has 1 N–H and O–H groups in total. The van der Waals surface area contributed by atoms with Crippen LogP contribution in [0.4, 0.5) is 0 Å². The minimum atomic E-state index is 0. The van der Waals surface area contributed by atoms with Gasteiger partial charge < -0.3 is 5.32 Å². The van der Waals surface area contributed by atoms with Gasteiger partial charge in [0.15, 0.2) is 0 Å². The molecule has 1 rings (SSSR count).